The molecule has 1 heterocycles. The Morgan fingerprint density at radius 2 is 1.60 bits per heavy atom. The minimum atomic E-state index is -0.490. The molecular formula is C33H27ClN4O3S. The van der Waals surface area contributed by atoms with E-state index in [0.717, 1.165) is 21.4 Å². The molecule has 0 saturated heterocycles. The van der Waals surface area contributed by atoms with Gasteiger partial charge in [0.1, 0.15) is 5.70 Å². The molecule has 3 amide bonds. The third kappa shape index (κ3) is 7.09. The third-order valence-corrected chi connectivity index (χ3v) is 7.78. The van der Waals surface area contributed by atoms with E-state index >= 15 is 0 Å². The van der Waals surface area contributed by atoms with Crippen LogP contribution in [0.4, 0.5) is 11.4 Å². The Labute approximate surface area is 252 Å². The van der Waals surface area contributed by atoms with E-state index < -0.39 is 17.1 Å². The summed E-state index contributed by atoms with van der Waals surface area (Å²) in [6.45, 7) is 1.79. The van der Waals surface area contributed by atoms with E-state index in [9.17, 15) is 14.4 Å². The van der Waals surface area contributed by atoms with Crippen molar-refractivity contribution in [1.29, 1.82) is 0 Å². The number of aromatic amines is 1. The average Bonchev–Trinajstić information content (AvgIpc) is 3.41. The Hall–Kier alpha value is -4.79. The number of thioether (sulfide) groups is 1. The summed E-state index contributed by atoms with van der Waals surface area (Å²) in [5.74, 6) is -1.09. The number of halogens is 1. The van der Waals surface area contributed by atoms with Crippen LogP contribution in [0, 0.1) is 0 Å². The molecule has 5 rings (SSSR count). The van der Waals surface area contributed by atoms with Gasteiger partial charge in [-0.2, -0.15) is 0 Å². The monoisotopic (exact) mass is 594 g/mol. The predicted octanol–water partition coefficient (Wildman–Crippen LogP) is 7.35. The molecule has 0 aliphatic carbocycles. The summed E-state index contributed by atoms with van der Waals surface area (Å²) >= 11 is 7.52. The van der Waals surface area contributed by atoms with Gasteiger partial charge >= 0.3 is 0 Å². The van der Waals surface area contributed by atoms with Crippen LogP contribution in [0.1, 0.15) is 22.8 Å². The Morgan fingerprint density at radius 1 is 0.857 bits per heavy atom. The molecule has 1 unspecified atom stereocenters. The molecule has 1 atom stereocenters. The van der Waals surface area contributed by atoms with E-state index in [2.05, 4.69) is 20.9 Å². The van der Waals surface area contributed by atoms with Crippen LogP contribution in [0.15, 0.2) is 120 Å². The van der Waals surface area contributed by atoms with Gasteiger partial charge in [0.2, 0.25) is 5.91 Å². The van der Waals surface area contributed by atoms with Gasteiger partial charge in [0.05, 0.1) is 16.0 Å². The van der Waals surface area contributed by atoms with Crippen LogP contribution in [-0.2, 0) is 9.59 Å². The van der Waals surface area contributed by atoms with Gasteiger partial charge in [-0.05, 0) is 61.5 Å². The second-order valence-electron chi connectivity index (χ2n) is 9.38. The summed E-state index contributed by atoms with van der Waals surface area (Å²) in [5, 5.41) is 9.45. The summed E-state index contributed by atoms with van der Waals surface area (Å²) < 4.78 is 0. The van der Waals surface area contributed by atoms with Gasteiger partial charge in [-0.3, -0.25) is 14.4 Å². The van der Waals surface area contributed by atoms with E-state index in [1.54, 1.807) is 85.9 Å². The molecule has 4 N–H and O–H groups in total. The minimum absolute atomic E-state index is 0.0825. The maximum atomic E-state index is 13.5. The highest BCUT2D eigenvalue weighted by atomic mass is 35.5. The number of aromatic nitrogens is 1. The number of rotatable bonds is 9. The van der Waals surface area contributed by atoms with E-state index in [4.69, 9.17) is 11.6 Å². The number of amides is 3. The minimum Gasteiger partial charge on any atom is -0.361 e. The van der Waals surface area contributed by atoms with E-state index in [1.165, 1.54) is 11.8 Å². The van der Waals surface area contributed by atoms with Crippen molar-refractivity contribution in [1.82, 2.24) is 10.3 Å². The van der Waals surface area contributed by atoms with Crippen molar-refractivity contribution in [3.8, 4) is 0 Å². The quantitative estimate of drug-likeness (QED) is 0.106. The lowest BCUT2D eigenvalue weighted by atomic mass is 10.1. The molecule has 0 fully saturated rings. The fourth-order valence-corrected chi connectivity index (χ4v) is 5.32. The number of nitrogens with one attached hydrogen (secondary N) is 4. The molecule has 4 aromatic carbocycles. The summed E-state index contributed by atoms with van der Waals surface area (Å²) in [6.07, 6.45) is 3.44. The molecule has 0 bridgehead atoms. The van der Waals surface area contributed by atoms with Crippen molar-refractivity contribution in [3.63, 3.8) is 0 Å². The number of hydrogen-bond donors (Lipinski definition) is 4. The number of carbonyl (C=O) groups excluding carboxylic acids is 3. The topological polar surface area (TPSA) is 103 Å². The Bertz CT molecular complexity index is 1780. The summed E-state index contributed by atoms with van der Waals surface area (Å²) in [5.41, 5.74) is 3.24. The largest absolute Gasteiger partial charge is 0.361 e. The van der Waals surface area contributed by atoms with Crippen molar-refractivity contribution in [3.05, 3.63) is 131 Å². The van der Waals surface area contributed by atoms with E-state index in [-0.39, 0.29) is 11.6 Å². The lowest BCUT2D eigenvalue weighted by Crippen LogP contribution is -2.30. The molecular weight excluding hydrogens is 568 g/mol. The molecule has 0 radical (unpaired) electrons. The van der Waals surface area contributed by atoms with Crippen LogP contribution in [0.3, 0.4) is 0 Å². The SMILES string of the molecule is CC(Sc1cccc(NC(=O)/C(=C/c2c[nH]c3ccccc23)NC(=O)c2ccccc2)c1)C(=O)Nc1ccccc1Cl. The van der Waals surface area contributed by atoms with Crippen molar-refractivity contribution >= 4 is 69.4 Å². The highest BCUT2D eigenvalue weighted by Crippen LogP contribution is 2.28. The van der Waals surface area contributed by atoms with Gasteiger partial charge in [0.15, 0.2) is 0 Å². The first kappa shape index (κ1) is 28.7. The highest BCUT2D eigenvalue weighted by molar-refractivity contribution is 8.00. The smallest absolute Gasteiger partial charge is 0.272 e. The van der Waals surface area contributed by atoms with Crippen LogP contribution in [0.2, 0.25) is 5.02 Å². The zero-order valence-electron chi connectivity index (χ0n) is 22.6. The molecule has 0 aliphatic rings. The first-order valence-corrected chi connectivity index (χ1v) is 14.4. The third-order valence-electron chi connectivity index (χ3n) is 6.36. The maximum Gasteiger partial charge on any atom is 0.272 e. The van der Waals surface area contributed by atoms with Crippen LogP contribution in [-0.4, -0.2) is 28.0 Å². The lowest BCUT2D eigenvalue weighted by Gasteiger charge is -2.14. The number of para-hydroxylation sites is 2. The molecule has 0 aliphatic heterocycles. The van der Waals surface area contributed by atoms with Gasteiger partial charge in [0.25, 0.3) is 11.8 Å². The standard InChI is InChI=1S/C33H27ClN4O3S/c1-21(31(39)37-29-17-8-6-15-27(29)34)42-25-13-9-12-24(19-25)36-33(41)30(38-32(40)22-10-3-2-4-11-22)18-23-20-35-28-16-7-5-14-26(23)28/h2-21,35H,1H3,(H,36,41)(H,37,39)(H,38,40)/b30-18-. The molecule has 1 aromatic heterocycles. The zero-order chi connectivity index (χ0) is 29.5. The maximum absolute atomic E-state index is 13.5. The highest BCUT2D eigenvalue weighted by Gasteiger charge is 2.18. The number of H-pyrrole nitrogens is 1. The van der Waals surface area contributed by atoms with Crippen molar-refractivity contribution in [2.75, 3.05) is 10.6 Å². The van der Waals surface area contributed by atoms with Crippen LogP contribution in [0.25, 0.3) is 17.0 Å². The second kappa shape index (κ2) is 13.2. The van der Waals surface area contributed by atoms with Gasteiger partial charge < -0.3 is 20.9 Å². The predicted molar refractivity (Wildman–Crippen MR) is 171 cm³/mol. The number of anilines is 2. The van der Waals surface area contributed by atoms with E-state index in [0.29, 0.717) is 22.0 Å². The van der Waals surface area contributed by atoms with Crippen LogP contribution < -0.4 is 16.0 Å². The summed E-state index contributed by atoms with van der Waals surface area (Å²) in [7, 11) is 0. The normalized spacial score (nSPS) is 12.0. The molecule has 0 spiro atoms. The summed E-state index contributed by atoms with van der Waals surface area (Å²) in [6, 6.07) is 30.6. The van der Waals surface area contributed by atoms with Crippen LogP contribution in [0.5, 0.6) is 0 Å². The van der Waals surface area contributed by atoms with Gasteiger partial charge in [0, 0.05) is 38.8 Å². The first-order valence-electron chi connectivity index (χ1n) is 13.1. The molecule has 210 valence electrons. The molecule has 7 nitrogen and oxygen atoms in total. The number of hydrogen-bond acceptors (Lipinski definition) is 4. The lowest BCUT2D eigenvalue weighted by molar-refractivity contribution is -0.115. The Balaban J connectivity index is 1.33. The van der Waals surface area contributed by atoms with Crippen molar-refractivity contribution < 1.29 is 14.4 Å². The fraction of sp³-hybridized carbons (Fsp3) is 0.0606. The summed E-state index contributed by atoms with van der Waals surface area (Å²) in [4.78, 5) is 43.3. The number of benzene rings is 4. The molecule has 5 aromatic rings. The van der Waals surface area contributed by atoms with Crippen molar-refractivity contribution in [2.45, 2.75) is 17.1 Å². The average molecular weight is 595 g/mol. The number of fused-ring (bicyclic) bond motifs is 1. The van der Waals surface area contributed by atoms with Crippen molar-refractivity contribution in [2.24, 2.45) is 0 Å². The van der Waals surface area contributed by atoms with Gasteiger partial charge in [-0.1, -0.05) is 66.2 Å². The molecule has 9 heteroatoms. The molecule has 42 heavy (non-hydrogen) atoms. The van der Waals surface area contributed by atoms with Crippen LogP contribution >= 0.6 is 23.4 Å². The zero-order valence-corrected chi connectivity index (χ0v) is 24.1. The number of carbonyl (C=O) groups is 3. The fourth-order valence-electron chi connectivity index (χ4n) is 4.21. The van der Waals surface area contributed by atoms with Gasteiger partial charge in [-0.25, -0.2) is 0 Å². The Kier molecular flexibility index (Phi) is 9.06. The molecule has 0 saturated carbocycles. The first-order chi connectivity index (χ1) is 20.4. The van der Waals surface area contributed by atoms with E-state index in [1.807, 2.05) is 36.4 Å². The van der Waals surface area contributed by atoms with Gasteiger partial charge in [-0.15, -0.1) is 11.8 Å². The second-order valence-corrected chi connectivity index (χ2v) is 11.2. The Morgan fingerprint density at radius 3 is 2.40 bits per heavy atom.